The zero-order valence-electron chi connectivity index (χ0n) is 18.0. The highest BCUT2D eigenvalue weighted by molar-refractivity contribution is 5.92. The van der Waals surface area contributed by atoms with E-state index in [-0.39, 0.29) is 12.1 Å². The van der Waals surface area contributed by atoms with Crippen molar-refractivity contribution in [2.24, 2.45) is 0 Å². The highest BCUT2D eigenvalue weighted by atomic mass is 16.5. The summed E-state index contributed by atoms with van der Waals surface area (Å²) >= 11 is 0. The van der Waals surface area contributed by atoms with Crippen molar-refractivity contribution in [1.82, 2.24) is 14.8 Å². The van der Waals surface area contributed by atoms with Gasteiger partial charge in [-0.05, 0) is 62.4 Å². The molecular weight excluding hydrogens is 404 g/mol. The van der Waals surface area contributed by atoms with Crippen molar-refractivity contribution >= 4 is 11.9 Å². The van der Waals surface area contributed by atoms with Crippen molar-refractivity contribution < 1.29 is 14.3 Å². The van der Waals surface area contributed by atoms with Gasteiger partial charge in [-0.1, -0.05) is 36.8 Å². The summed E-state index contributed by atoms with van der Waals surface area (Å²) in [7, 11) is 0. The molecule has 1 unspecified atom stereocenters. The molecule has 1 N–H and O–H groups in total. The number of para-hydroxylation sites is 1. The second kappa shape index (κ2) is 8.86. The van der Waals surface area contributed by atoms with Crippen LogP contribution in [0.4, 0.5) is 5.95 Å². The van der Waals surface area contributed by atoms with Gasteiger partial charge >= 0.3 is 5.97 Å². The molecule has 1 fully saturated rings. The van der Waals surface area contributed by atoms with Crippen LogP contribution in [0.25, 0.3) is 0 Å². The Labute approximate surface area is 187 Å². The first-order chi connectivity index (χ1) is 15.7. The Hall–Kier alpha value is -3.61. The Morgan fingerprint density at radius 3 is 2.62 bits per heavy atom. The molecule has 2 aromatic carbocycles. The van der Waals surface area contributed by atoms with Crippen LogP contribution in [0.5, 0.6) is 11.5 Å². The lowest BCUT2D eigenvalue weighted by molar-refractivity contribution is -0.146. The molecule has 32 heavy (non-hydrogen) atoms. The third-order valence-corrected chi connectivity index (χ3v) is 5.99. The van der Waals surface area contributed by atoms with E-state index in [2.05, 4.69) is 15.4 Å². The molecule has 164 valence electrons. The lowest BCUT2D eigenvalue weighted by atomic mass is 9.94. The van der Waals surface area contributed by atoms with E-state index in [1.54, 1.807) is 4.68 Å². The molecule has 7 nitrogen and oxygen atoms in total. The number of hydrogen-bond donors (Lipinski definition) is 1. The summed E-state index contributed by atoms with van der Waals surface area (Å²) in [5, 5.41) is 7.60. The van der Waals surface area contributed by atoms with Crippen LogP contribution in [0.15, 0.2) is 72.2 Å². The summed E-state index contributed by atoms with van der Waals surface area (Å²) in [6, 6.07) is 16.9. The summed E-state index contributed by atoms with van der Waals surface area (Å²) in [5.74, 6) is 1.73. The average molecular weight is 431 g/mol. The lowest BCUT2D eigenvalue weighted by Gasteiger charge is -2.30. The number of esters is 1. The number of carbonyl (C=O) groups excluding carboxylic acids is 1. The van der Waals surface area contributed by atoms with E-state index in [9.17, 15) is 4.79 Å². The number of anilines is 1. The predicted molar refractivity (Wildman–Crippen MR) is 120 cm³/mol. The van der Waals surface area contributed by atoms with Gasteiger partial charge in [0.15, 0.2) is 0 Å². The fourth-order valence-corrected chi connectivity index (χ4v) is 4.43. The molecule has 1 saturated carbocycles. The second-order valence-corrected chi connectivity index (χ2v) is 8.25. The summed E-state index contributed by atoms with van der Waals surface area (Å²) in [5.41, 5.74) is 2.15. The number of rotatable bonds is 5. The highest BCUT2D eigenvalue weighted by Gasteiger charge is 2.35. The second-order valence-electron chi connectivity index (χ2n) is 8.25. The van der Waals surface area contributed by atoms with Gasteiger partial charge in [0, 0.05) is 5.70 Å². The molecule has 0 amide bonds. The van der Waals surface area contributed by atoms with E-state index in [4.69, 9.17) is 9.47 Å². The van der Waals surface area contributed by atoms with Gasteiger partial charge in [-0.2, -0.15) is 10.1 Å². The van der Waals surface area contributed by atoms with Crippen molar-refractivity contribution in [3.05, 3.63) is 77.8 Å². The van der Waals surface area contributed by atoms with Gasteiger partial charge in [-0.15, -0.1) is 0 Å². The Bertz CT molecular complexity index is 1130. The third kappa shape index (κ3) is 4.10. The molecule has 1 aromatic heterocycles. The Balaban J connectivity index is 1.48. The molecule has 1 aliphatic heterocycles. The molecular formula is C25H26N4O3. The van der Waals surface area contributed by atoms with Gasteiger partial charge in [0.25, 0.3) is 0 Å². The van der Waals surface area contributed by atoms with Gasteiger partial charge in [-0.3, -0.25) is 0 Å². The molecule has 0 saturated heterocycles. The van der Waals surface area contributed by atoms with Crippen LogP contribution in [-0.2, 0) is 9.53 Å². The van der Waals surface area contributed by atoms with Crippen LogP contribution in [0.3, 0.4) is 0 Å². The molecule has 1 atom stereocenters. The van der Waals surface area contributed by atoms with E-state index in [1.165, 1.54) is 12.7 Å². The van der Waals surface area contributed by atoms with Gasteiger partial charge in [0.1, 0.15) is 30.0 Å². The van der Waals surface area contributed by atoms with Crippen molar-refractivity contribution in [1.29, 1.82) is 0 Å². The van der Waals surface area contributed by atoms with Gasteiger partial charge in [0.2, 0.25) is 5.95 Å². The first kappa shape index (κ1) is 20.3. The van der Waals surface area contributed by atoms with Crippen LogP contribution < -0.4 is 10.1 Å². The first-order valence-corrected chi connectivity index (χ1v) is 11.1. The maximum atomic E-state index is 13.4. The standard InChI is InChI=1S/C25H26N4O3/c1-17-22(24(30)32-20-12-6-3-7-13-20)23(29-25(28-17)26-16-27-29)18-9-8-14-21(15-18)31-19-10-4-2-5-11-19/h2,4-5,8-11,14-16,20,23H,3,6-7,12-13H2,1H3,(H,26,27,28). The summed E-state index contributed by atoms with van der Waals surface area (Å²) in [6.07, 6.45) is 6.71. The topological polar surface area (TPSA) is 78.3 Å². The molecule has 0 bridgehead atoms. The Morgan fingerprint density at radius 2 is 1.81 bits per heavy atom. The summed E-state index contributed by atoms with van der Waals surface area (Å²) in [6.45, 7) is 1.88. The monoisotopic (exact) mass is 430 g/mol. The number of fused-ring (bicyclic) bond motifs is 1. The molecule has 2 aliphatic rings. The minimum atomic E-state index is -0.454. The number of allylic oxidation sites excluding steroid dienone is 1. The maximum absolute atomic E-state index is 13.4. The molecule has 1 aliphatic carbocycles. The number of benzene rings is 2. The number of carbonyl (C=O) groups is 1. The highest BCUT2D eigenvalue weighted by Crippen LogP contribution is 2.37. The molecule has 0 spiro atoms. The largest absolute Gasteiger partial charge is 0.459 e. The Kier molecular flexibility index (Phi) is 5.62. The van der Waals surface area contributed by atoms with Crippen molar-refractivity contribution in [2.75, 3.05) is 5.32 Å². The molecule has 5 rings (SSSR count). The van der Waals surface area contributed by atoms with E-state index >= 15 is 0 Å². The first-order valence-electron chi connectivity index (χ1n) is 11.1. The molecule has 0 radical (unpaired) electrons. The minimum Gasteiger partial charge on any atom is -0.459 e. The SMILES string of the molecule is CC1=C(C(=O)OC2CCCCC2)C(c2cccc(Oc3ccccc3)c2)n2ncnc2N1. The number of ether oxygens (including phenoxy) is 2. The summed E-state index contributed by atoms with van der Waals surface area (Å²) < 4.78 is 13.7. The smallest absolute Gasteiger partial charge is 0.338 e. The van der Waals surface area contributed by atoms with Crippen LogP contribution in [0.2, 0.25) is 0 Å². The Morgan fingerprint density at radius 1 is 1.03 bits per heavy atom. The third-order valence-electron chi connectivity index (χ3n) is 5.99. The van der Waals surface area contributed by atoms with Crippen LogP contribution in [0.1, 0.15) is 50.6 Å². The fourth-order valence-electron chi connectivity index (χ4n) is 4.43. The zero-order chi connectivity index (χ0) is 21.9. The van der Waals surface area contributed by atoms with E-state index < -0.39 is 6.04 Å². The lowest BCUT2D eigenvalue weighted by Crippen LogP contribution is -2.32. The van der Waals surface area contributed by atoms with Crippen LogP contribution in [-0.4, -0.2) is 26.8 Å². The van der Waals surface area contributed by atoms with Gasteiger partial charge in [0.05, 0.1) is 5.57 Å². The van der Waals surface area contributed by atoms with Crippen molar-refractivity contribution in [3.8, 4) is 11.5 Å². The maximum Gasteiger partial charge on any atom is 0.338 e. The van der Waals surface area contributed by atoms with Crippen LogP contribution >= 0.6 is 0 Å². The van der Waals surface area contributed by atoms with Crippen molar-refractivity contribution in [2.45, 2.75) is 51.2 Å². The number of nitrogens with zero attached hydrogens (tertiary/aromatic N) is 3. The summed E-state index contributed by atoms with van der Waals surface area (Å²) in [4.78, 5) is 17.7. The number of aromatic nitrogens is 3. The average Bonchev–Trinajstić information content (AvgIpc) is 3.27. The molecule has 7 heteroatoms. The van der Waals surface area contributed by atoms with Gasteiger partial charge in [-0.25, -0.2) is 9.48 Å². The zero-order valence-corrected chi connectivity index (χ0v) is 18.0. The van der Waals surface area contributed by atoms with E-state index in [0.29, 0.717) is 17.3 Å². The molecule has 3 aromatic rings. The predicted octanol–water partition coefficient (Wildman–Crippen LogP) is 5.24. The number of nitrogens with one attached hydrogen (secondary N) is 1. The van der Waals surface area contributed by atoms with Crippen LogP contribution in [0, 0.1) is 0 Å². The van der Waals surface area contributed by atoms with E-state index in [1.807, 2.05) is 61.5 Å². The normalized spacial score (nSPS) is 18.6. The van der Waals surface area contributed by atoms with Gasteiger partial charge < -0.3 is 14.8 Å². The van der Waals surface area contributed by atoms with E-state index in [0.717, 1.165) is 42.7 Å². The minimum absolute atomic E-state index is 0.0258. The molecule has 2 heterocycles. The quantitative estimate of drug-likeness (QED) is 0.558. The van der Waals surface area contributed by atoms with Crippen molar-refractivity contribution in [3.63, 3.8) is 0 Å². The fraction of sp³-hybridized carbons (Fsp3) is 0.320. The number of hydrogen-bond acceptors (Lipinski definition) is 6.